The Bertz CT molecular complexity index is 5090. The number of carbonyl (C=O) groups is 11. The van der Waals surface area contributed by atoms with Crippen LogP contribution in [-0.2, 0) is 54.1 Å². The summed E-state index contributed by atoms with van der Waals surface area (Å²) in [7, 11) is 1.60. The lowest BCUT2D eigenvalue weighted by Crippen LogP contribution is -2.52. The van der Waals surface area contributed by atoms with Crippen LogP contribution in [0, 0.1) is 5.82 Å². The first-order valence-electron chi connectivity index (χ1n) is 48.5. The molecule has 5 aromatic carbocycles. The fourth-order valence-corrected chi connectivity index (χ4v) is 19.5. The first kappa shape index (κ1) is 109. The van der Waals surface area contributed by atoms with E-state index in [4.69, 9.17) is 77.4 Å². The monoisotopic (exact) mass is 2050 g/mol. The van der Waals surface area contributed by atoms with Gasteiger partial charge in [-0.2, -0.15) is 13.2 Å². The maximum Gasteiger partial charge on any atom is 0.416 e. The zero-order valence-electron chi connectivity index (χ0n) is 79.1. The number of hydrogen-bond donors (Lipinski definition) is 10. The molecule has 0 spiro atoms. The molecule has 0 bridgehead atoms. The van der Waals surface area contributed by atoms with Crippen molar-refractivity contribution < 1.29 is 75.0 Å². The summed E-state index contributed by atoms with van der Waals surface area (Å²) in [6.07, 6.45) is 17.7. The largest absolute Gasteiger partial charge is 0.495 e. The van der Waals surface area contributed by atoms with Gasteiger partial charge in [0, 0.05) is 126 Å². The third kappa shape index (κ3) is 34.9. The molecule has 15 rings (SSSR count). The Kier molecular flexibility index (Phi) is 43.5. The summed E-state index contributed by atoms with van der Waals surface area (Å²) in [5.74, 6) is -0.468. The van der Waals surface area contributed by atoms with Gasteiger partial charge in [-0.3, -0.25) is 58.1 Å². The maximum absolute atomic E-state index is 13.0. The normalized spacial score (nSPS) is 20.1. The van der Waals surface area contributed by atoms with Crippen molar-refractivity contribution in [2.45, 2.75) is 197 Å². The van der Waals surface area contributed by atoms with Crippen molar-refractivity contribution in [3.63, 3.8) is 0 Å². The van der Waals surface area contributed by atoms with E-state index in [0.717, 1.165) is 217 Å². The van der Waals surface area contributed by atoms with E-state index in [1.54, 1.807) is 85.0 Å². The second-order valence-corrected chi connectivity index (χ2v) is 38.4. The first-order valence-corrected chi connectivity index (χ1v) is 51.0. The van der Waals surface area contributed by atoms with Crippen LogP contribution in [0.4, 0.5) is 40.3 Å². The van der Waals surface area contributed by atoms with Gasteiger partial charge in [-0.15, -0.1) is 0 Å². The zero-order valence-corrected chi connectivity index (χ0v) is 84.0. The van der Waals surface area contributed by atoms with Crippen LogP contribution in [0.3, 0.4) is 0 Å². The van der Waals surface area contributed by atoms with E-state index < -0.39 is 41.9 Å². The molecule has 0 saturated carbocycles. The molecule has 10 aliphatic rings. The molecule has 758 valence electrons. The molecule has 0 aliphatic carbocycles. The number of nitrogens with one attached hydrogen (secondary N) is 10. The second-order valence-electron chi connectivity index (χ2n) is 36.0. The Morgan fingerprint density at radius 3 is 0.964 bits per heavy atom. The van der Waals surface area contributed by atoms with E-state index >= 15 is 0 Å². The highest BCUT2D eigenvalue weighted by Crippen LogP contribution is 2.32. The van der Waals surface area contributed by atoms with Crippen LogP contribution in [0.2, 0.25) is 5.02 Å². The fourth-order valence-electron chi connectivity index (χ4n) is 18.0. The summed E-state index contributed by atoms with van der Waals surface area (Å²) in [6, 6.07) is 31.6. The molecule has 140 heavy (non-hydrogen) atoms. The summed E-state index contributed by atoms with van der Waals surface area (Å²) >= 11 is 32.5. The number of halogens is 5. The molecule has 5 aromatic rings. The van der Waals surface area contributed by atoms with Gasteiger partial charge in [0.1, 0.15) is 41.8 Å². The van der Waals surface area contributed by atoms with Gasteiger partial charge < -0.3 is 102 Å². The third-order valence-corrected chi connectivity index (χ3v) is 26.9. The van der Waals surface area contributed by atoms with E-state index in [0.29, 0.717) is 102 Å². The Labute approximate surface area is 847 Å². The van der Waals surface area contributed by atoms with Crippen LogP contribution >= 0.6 is 72.7 Å². The molecule has 10 heterocycles. The van der Waals surface area contributed by atoms with Crippen LogP contribution in [-0.4, -0.2) is 308 Å². The SMILES string of the molecule is COc1ccccc1NC(=S)N[C@H]1CCCCN(CC(=O)N2CCCC2)C1=O.O=C(CN1CCCC[C@H](NC(=S)Nc2ccc(F)cc2)C1=O)N1CCCC1.O=C(CN1CCCC[C@H](NC(=S)Nc2cccc(C(F)(F)F)c2)C1=O)N1CCCC1.O=C(CN1CCCC[C@H](NC(=S)Nc2cccc(Cl)c2)C1=O)N1CCCC1.O=C(NC(=S)N[C@H]1CCCCN(CC(=O)N2CCCC2)C1=O)c1ccccc1. The molecule has 32 nitrogen and oxygen atoms in total. The number of thiocarbonyl (C=S) groups is 5. The average Bonchev–Trinajstić information content (AvgIpc) is 1.69. The summed E-state index contributed by atoms with van der Waals surface area (Å²) in [5, 5.41) is 31.5. The minimum atomic E-state index is -4.45. The van der Waals surface area contributed by atoms with E-state index in [-0.39, 0.29) is 119 Å². The van der Waals surface area contributed by atoms with Crippen molar-refractivity contribution >= 4 is 186 Å². The number of carbonyl (C=O) groups excluding carboxylic acids is 11. The number of alkyl halides is 3. The van der Waals surface area contributed by atoms with Gasteiger partial charge in [0.15, 0.2) is 25.6 Å². The van der Waals surface area contributed by atoms with Gasteiger partial charge in [-0.25, -0.2) is 4.39 Å². The maximum atomic E-state index is 13.0. The number of amides is 11. The van der Waals surface area contributed by atoms with E-state index in [1.165, 1.54) is 24.3 Å². The second kappa shape index (κ2) is 55.8. The summed E-state index contributed by atoms with van der Waals surface area (Å²) in [6.45, 7) is 11.3. The topological polar surface area (TPSA) is 350 Å². The number of likely N-dealkylation sites (tertiary alicyclic amines) is 10. The Hall–Kier alpha value is -11.3. The molecule has 11 amide bonds. The highest BCUT2D eigenvalue weighted by Gasteiger charge is 2.38. The number of methoxy groups -OCH3 is 1. The van der Waals surface area contributed by atoms with E-state index in [2.05, 4.69) is 53.2 Å². The van der Waals surface area contributed by atoms with Crippen LogP contribution in [0.5, 0.6) is 5.75 Å². The number of nitrogens with zero attached hydrogens (tertiary/aromatic N) is 10. The molecule has 42 heteroatoms. The van der Waals surface area contributed by atoms with E-state index in [9.17, 15) is 70.3 Å². The lowest BCUT2D eigenvalue weighted by Gasteiger charge is -2.27. The minimum Gasteiger partial charge on any atom is -0.495 e. The average molecular weight is 2050 g/mol. The number of hydrogen-bond acceptors (Lipinski definition) is 17. The number of ether oxygens (including phenoxy) is 1. The van der Waals surface area contributed by atoms with Crippen molar-refractivity contribution in [3.05, 3.63) is 149 Å². The zero-order chi connectivity index (χ0) is 100. The van der Waals surface area contributed by atoms with Crippen LogP contribution < -0.4 is 57.9 Å². The lowest BCUT2D eigenvalue weighted by atomic mass is 10.1. The fraction of sp³-hybridized carbons (Fsp3) is 0.531. The van der Waals surface area contributed by atoms with E-state index in [1.807, 2.05) is 62.1 Å². The number of rotatable bonds is 21. The quantitative estimate of drug-likeness (QED) is 0.0241. The summed E-state index contributed by atoms with van der Waals surface area (Å²) < 4.78 is 56.9. The van der Waals surface area contributed by atoms with Crippen molar-refractivity contribution in [2.24, 2.45) is 0 Å². The number of para-hydroxylation sites is 2. The van der Waals surface area contributed by atoms with Crippen molar-refractivity contribution in [3.8, 4) is 5.75 Å². The molecule has 0 aromatic heterocycles. The molecule has 10 aliphatic heterocycles. The van der Waals surface area contributed by atoms with Gasteiger partial charge in [0.05, 0.1) is 51.1 Å². The molecular weight excluding hydrogens is 1920 g/mol. The smallest absolute Gasteiger partial charge is 0.416 e. The van der Waals surface area contributed by atoms with Crippen LogP contribution in [0.25, 0.3) is 0 Å². The van der Waals surface area contributed by atoms with Gasteiger partial charge in [-0.1, -0.05) is 54.1 Å². The molecule has 5 atom stereocenters. The number of anilines is 4. The van der Waals surface area contributed by atoms with Crippen LogP contribution in [0.15, 0.2) is 127 Å². The van der Waals surface area contributed by atoms with Gasteiger partial charge in [-0.05, 0) is 307 Å². The predicted octanol–water partition coefficient (Wildman–Crippen LogP) is 11.0. The number of benzene rings is 5. The highest BCUT2D eigenvalue weighted by atomic mass is 35.5. The molecule has 10 fully saturated rings. The first-order chi connectivity index (χ1) is 67.4. The summed E-state index contributed by atoms with van der Waals surface area (Å²) in [5.41, 5.74) is 2.05. The Balaban J connectivity index is 0.000000167. The lowest BCUT2D eigenvalue weighted by molar-refractivity contribution is -0.140. The molecular formula is C98H129ClF4N20O12S5. The Morgan fingerprint density at radius 1 is 0.343 bits per heavy atom. The van der Waals surface area contributed by atoms with Crippen molar-refractivity contribution in [1.82, 2.24) is 80.9 Å². The summed E-state index contributed by atoms with van der Waals surface area (Å²) in [4.78, 5) is 156. The third-order valence-electron chi connectivity index (χ3n) is 25.6. The Morgan fingerprint density at radius 2 is 0.636 bits per heavy atom. The van der Waals surface area contributed by atoms with Gasteiger partial charge >= 0.3 is 6.18 Å². The highest BCUT2D eigenvalue weighted by molar-refractivity contribution is 7.81. The predicted molar refractivity (Wildman–Crippen MR) is 550 cm³/mol. The molecule has 0 unspecified atom stereocenters. The van der Waals surface area contributed by atoms with Crippen molar-refractivity contribution in [1.29, 1.82) is 0 Å². The standard InChI is InChI=1S/C20H25F3N4O2S.C20H28N4O3S.C20H26N4O3S.C19H25ClN4O2S.C19H25FN4O2S/c21-20(22,23)14-6-5-7-15(12-14)24-19(30)25-16-8-1-2-11-27(18(16)29)13-17(28)26-9-3-4-10-26;1-27-17-10-3-2-8-15(17)21-20(28)22-16-9-4-5-13-24(19(16)26)14-18(25)23-11-6-7-12-23;25-17(23-11-6-7-12-23)14-24-13-5-4-10-16(19(24)27)21-20(28)22-18(26)15-8-2-1-3-9-15;20-14-6-5-7-15(12-14)21-19(27)22-16-8-1-2-11-24(18(16)26)13-17(25)23-9-3-4-10-23;20-14-6-8-15(9-7-14)21-19(27)22-16-5-1-2-12-24(18(16)26)13-17(25)23-10-3-4-11-23/h5-7,12,16H,1-4,8-11,13H2,(H2,24,25,30);2-3,8,10,16H,4-7,9,11-14H2,1H3,(H2,21,22,28);1-3,8-9,16H,4-7,10-14H2,(H2,21,22,26,28);5-7,12,16H,1-4,8-11,13H2,(H2,21,22,27);6-9,16H,1-5,10-13H2,(H2,21,22,27)/t5*16-/m00000/s1. The van der Waals surface area contributed by atoms with Crippen LogP contribution in [0.1, 0.15) is 176 Å². The molecule has 10 N–H and O–H groups in total. The van der Waals surface area contributed by atoms with Gasteiger partial charge in [0.2, 0.25) is 59.1 Å². The molecule has 0 radical (unpaired) electrons. The van der Waals surface area contributed by atoms with Gasteiger partial charge in [0.25, 0.3) is 5.91 Å². The van der Waals surface area contributed by atoms with Crippen molar-refractivity contribution in [2.75, 3.05) is 159 Å². The minimum absolute atomic E-state index is 0.00598. The molecule has 10 saturated heterocycles.